The first-order chi connectivity index (χ1) is 15.1. The van der Waals surface area contributed by atoms with Gasteiger partial charge in [0.2, 0.25) is 0 Å². The summed E-state index contributed by atoms with van der Waals surface area (Å²) in [5, 5.41) is 1.91. The Morgan fingerprint density at radius 1 is 0.871 bits per heavy atom. The number of hydrogen-bond acceptors (Lipinski definition) is 4. The lowest BCUT2D eigenvalue weighted by atomic mass is 10.0. The van der Waals surface area contributed by atoms with E-state index in [-0.39, 0.29) is 5.91 Å². The van der Waals surface area contributed by atoms with Crippen LogP contribution in [0.2, 0.25) is 0 Å². The molecule has 3 aromatic carbocycles. The molecule has 1 aromatic heterocycles. The van der Waals surface area contributed by atoms with Gasteiger partial charge in [-0.1, -0.05) is 34.1 Å². The van der Waals surface area contributed by atoms with E-state index in [1.54, 1.807) is 19.1 Å². The summed E-state index contributed by atoms with van der Waals surface area (Å²) < 4.78 is 11.8. The number of carbonyl (C=O) groups excluding carboxylic acids is 1. The van der Waals surface area contributed by atoms with Gasteiger partial charge >= 0.3 is 0 Å². The molecule has 0 saturated heterocycles. The summed E-state index contributed by atoms with van der Waals surface area (Å²) in [7, 11) is 3.26. The molecule has 6 heteroatoms. The lowest BCUT2D eigenvalue weighted by Gasteiger charge is -2.26. The van der Waals surface area contributed by atoms with Crippen molar-refractivity contribution in [1.29, 1.82) is 0 Å². The molecule has 4 nitrogen and oxygen atoms in total. The van der Waals surface area contributed by atoms with Gasteiger partial charge < -0.3 is 9.47 Å². The van der Waals surface area contributed by atoms with Crippen molar-refractivity contribution in [3.05, 3.63) is 93.6 Å². The highest BCUT2D eigenvalue weighted by Gasteiger charge is 2.24. The number of thiophene rings is 1. The Labute approximate surface area is 193 Å². The molecule has 1 amide bonds. The Kier molecular flexibility index (Phi) is 6.39. The summed E-state index contributed by atoms with van der Waals surface area (Å²) in [5.74, 6) is 1.36. The molecule has 1 heterocycles. The van der Waals surface area contributed by atoms with Gasteiger partial charge in [0, 0.05) is 15.7 Å². The summed E-state index contributed by atoms with van der Waals surface area (Å²) in [4.78, 5) is 16.0. The van der Waals surface area contributed by atoms with Crippen LogP contribution in [0.1, 0.15) is 9.67 Å². The minimum absolute atomic E-state index is 0.0938. The molecule has 156 valence electrons. The molecule has 0 atom stereocenters. The van der Waals surface area contributed by atoms with Crippen molar-refractivity contribution in [3.63, 3.8) is 0 Å². The lowest BCUT2D eigenvalue weighted by Crippen LogP contribution is -2.25. The predicted molar refractivity (Wildman–Crippen MR) is 130 cm³/mol. The van der Waals surface area contributed by atoms with E-state index in [0.717, 1.165) is 38.5 Å². The Bertz CT molecular complexity index is 1170. The largest absolute Gasteiger partial charge is 0.497 e. The van der Waals surface area contributed by atoms with Gasteiger partial charge in [-0.25, -0.2) is 0 Å². The fourth-order valence-corrected chi connectivity index (χ4v) is 4.22. The van der Waals surface area contributed by atoms with Crippen LogP contribution in [0, 0.1) is 0 Å². The number of halogens is 1. The Balaban J connectivity index is 1.91. The summed E-state index contributed by atoms with van der Waals surface area (Å²) in [6.45, 7) is 0. The average molecular weight is 494 g/mol. The molecule has 0 saturated carbocycles. The summed E-state index contributed by atoms with van der Waals surface area (Å²) in [6.07, 6.45) is 0. The molecule has 0 unspecified atom stereocenters. The van der Waals surface area contributed by atoms with E-state index in [1.807, 2.05) is 84.2 Å². The highest BCUT2D eigenvalue weighted by Crippen LogP contribution is 2.39. The van der Waals surface area contributed by atoms with E-state index in [1.165, 1.54) is 11.3 Å². The molecule has 0 aliphatic carbocycles. The molecular formula is C25H20BrNO3S. The third-order valence-corrected chi connectivity index (χ3v) is 6.25. The monoisotopic (exact) mass is 493 g/mol. The van der Waals surface area contributed by atoms with Crippen molar-refractivity contribution in [2.24, 2.45) is 0 Å². The topological polar surface area (TPSA) is 38.8 Å². The van der Waals surface area contributed by atoms with Gasteiger partial charge in [-0.2, -0.15) is 0 Å². The minimum Gasteiger partial charge on any atom is -0.497 e. The van der Waals surface area contributed by atoms with Crippen LogP contribution in [-0.4, -0.2) is 20.1 Å². The summed E-state index contributed by atoms with van der Waals surface area (Å²) >= 11 is 4.91. The van der Waals surface area contributed by atoms with Gasteiger partial charge in [0.15, 0.2) is 0 Å². The smallest absolute Gasteiger partial charge is 0.272 e. The number of methoxy groups -OCH3 is 2. The van der Waals surface area contributed by atoms with Crippen molar-refractivity contribution in [2.75, 3.05) is 19.1 Å². The number of benzene rings is 3. The van der Waals surface area contributed by atoms with Gasteiger partial charge in [0.1, 0.15) is 11.5 Å². The quantitative estimate of drug-likeness (QED) is 0.285. The molecule has 31 heavy (non-hydrogen) atoms. The SMILES string of the molecule is COc1ccc(N(C(=O)c2cccs2)c2ccc(OC)cc2-c2ccc(Br)cc2)cc1. The Morgan fingerprint density at radius 3 is 2.16 bits per heavy atom. The standard InChI is InChI=1S/C25H20BrNO3S/c1-29-20-11-9-19(10-12-20)27(25(28)24-4-3-15-31-24)23-14-13-21(30-2)16-22(23)17-5-7-18(26)8-6-17/h3-16H,1-2H3. The van der Waals surface area contributed by atoms with Crippen molar-refractivity contribution in [3.8, 4) is 22.6 Å². The normalized spacial score (nSPS) is 10.5. The zero-order valence-corrected chi connectivity index (χ0v) is 19.4. The van der Waals surface area contributed by atoms with Crippen molar-refractivity contribution in [2.45, 2.75) is 0 Å². The zero-order valence-electron chi connectivity index (χ0n) is 17.0. The van der Waals surface area contributed by atoms with Crippen LogP contribution < -0.4 is 14.4 Å². The number of hydrogen-bond donors (Lipinski definition) is 0. The molecule has 0 bridgehead atoms. The maximum Gasteiger partial charge on any atom is 0.272 e. The fourth-order valence-electron chi connectivity index (χ4n) is 3.31. The van der Waals surface area contributed by atoms with E-state index in [9.17, 15) is 4.79 Å². The van der Waals surface area contributed by atoms with Crippen molar-refractivity contribution >= 4 is 44.5 Å². The van der Waals surface area contributed by atoms with Gasteiger partial charge in [-0.15, -0.1) is 11.3 Å². The molecule has 0 N–H and O–H groups in total. The van der Waals surface area contributed by atoms with E-state index in [4.69, 9.17) is 9.47 Å². The summed E-state index contributed by atoms with van der Waals surface area (Å²) in [5.41, 5.74) is 3.40. The van der Waals surface area contributed by atoms with E-state index >= 15 is 0 Å². The van der Waals surface area contributed by atoms with Crippen LogP contribution in [0.5, 0.6) is 11.5 Å². The van der Waals surface area contributed by atoms with Crippen LogP contribution in [0.4, 0.5) is 11.4 Å². The second kappa shape index (κ2) is 9.37. The van der Waals surface area contributed by atoms with Crippen LogP contribution in [0.15, 0.2) is 88.7 Å². The van der Waals surface area contributed by atoms with Crippen molar-refractivity contribution < 1.29 is 14.3 Å². The first-order valence-corrected chi connectivity index (χ1v) is 11.2. The Morgan fingerprint density at radius 2 is 1.55 bits per heavy atom. The maximum absolute atomic E-state index is 13.6. The first-order valence-electron chi connectivity index (χ1n) is 9.56. The third-order valence-electron chi connectivity index (χ3n) is 4.87. The number of carbonyl (C=O) groups is 1. The minimum atomic E-state index is -0.0938. The van der Waals surface area contributed by atoms with Crippen LogP contribution in [0.25, 0.3) is 11.1 Å². The fraction of sp³-hybridized carbons (Fsp3) is 0.0800. The Hall–Kier alpha value is -3.09. The van der Waals surface area contributed by atoms with E-state index in [2.05, 4.69) is 15.9 Å². The second-order valence-electron chi connectivity index (χ2n) is 6.71. The molecule has 4 aromatic rings. The third kappa shape index (κ3) is 4.50. The van der Waals surface area contributed by atoms with Crippen LogP contribution >= 0.6 is 27.3 Å². The average Bonchev–Trinajstić information content (AvgIpc) is 3.35. The van der Waals surface area contributed by atoms with E-state index in [0.29, 0.717) is 4.88 Å². The first kappa shape index (κ1) is 21.2. The summed E-state index contributed by atoms with van der Waals surface area (Å²) in [6, 6.07) is 25.0. The molecule has 4 rings (SSSR count). The molecule has 0 radical (unpaired) electrons. The van der Waals surface area contributed by atoms with Gasteiger partial charge in [0.25, 0.3) is 5.91 Å². The molecule has 0 aliphatic heterocycles. The molecule has 0 spiro atoms. The zero-order chi connectivity index (χ0) is 21.8. The van der Waals surface area contributed by atoms with Crippen LogP contribution in [0.3, 0.4) is 0 Å². The highest BCUT2D eigenvalue weighted by molar-refractivity contribution is 9.10. The number of anilines is 2. The maximum atomic E-state index is 13.6. The number of ether oxygens (including phenoxy) is 2. The second-order valence-corrected chi connectivity index (χ2v) is 8.57. The number of amides is 1. The van der Waals surface area contributed by atoms with E-state index < -0.39 is 0 Å². The number of rotatable bonds is 6. The predicted octanol–water partition coefficient (Wildman–Crippen LogP) is 7.17. The van der Waals surface area contributed by atoms with Gasteiger partial charge in [-0.3, -0.25) is 9.69 Å². The highest BCUT2D eigenvalue weighted by atomic mass is 79.9. The van der Waals surface area contributed by atoms with Crippen LogP contribution in [-0.2, 0) is 0 Å². The molecule has 0 aliphatic rings. The molecule has 0 fully saturated rings. The van der Waals surface area contributed by atoms with Gasteiger partial charge in [0.05, 0.1) is 24.8 Å². The lowest BCUT2D eigenvalue weighted by molar-refractivity contribution is 0.100. The van der Waals surface area contributed by atoms with Gasteiger partial charge in [-0.05, 0) is 71.6 Å². The van der Waals surface area contributed by atoms with Crippen molar-refractivity contribution in [1.82, 2.24) is 0 Å². The number of nitrogens with zero attached hydrogens (tertiary/aromatic N) is 1. The molecular weight excluding hydrogens is 474 g/mol.